The number of carbonyl (C=O) groups excluding carboxylic acids is 1. The van der Waals surface area contributed by atoms with Crippen LogP contribution >= 0.6 is 0 Å². The van der Waals surface area contributed by atoms with E-state index in [1.807, 2.05) is 69.3 Å². The molecule has 0 radical (unpaired) electrons. The van der Waals surface area contributed by atoms with Crippen molar-refractivity contribution in [2.24, 2.45) is 0 Å². The molecule has 9 heteroatoms. The summed E-state index contributed by atoms with van der Waals surface area (Å²) in [5, 5.41) is 0. The molecule has 0 fully saturated rings. The Labute approximate surface area is 209 Å². The van der Waals surface area contributed by atoms with Crippen LogP contribution in [-0.4, -0.2) is 44.9 Å². The fourth-order valence-electron chi connectivity index (χ4n) is 4.48. The van der Waals surface area contributed by atoms with Crippen molar-refractivity contribution in [3.8, 4) is 0 Å². The molecule has 4 rings (SSSR count). The lowest BCUT2D eigenvalue weighted by Crippen LogP contribution is -2.45. The highest BCUT2D eigenvalue weighted by atomic mass is 16.5. The number of ether oxygens (including phenoxy) is 1. The van der Waals surface area contributed by atoms with E-state index in [-0.39, 0.29) is 30.2 Å². The molecule has 2 heterocycles. The highest BCUT2D eigenvalue weighted by Gasteiger charge is 2.22. The van der Waals surface area contributed by atoms with Gasteiger partial charge in [-0.3, -0.25) is 14.2 Å². The van der Waals surface area contributed by atoms with E-state index >= 15 is 0 Å². The maximum atomic E-state index is 13.6. The van der Waals surface area contributed by atoms with E-state index in [1.165, 1.54) is 10.9 Å². The number of carbonyl (C=O) groups is 1. The molecule has 1 amide bonds. The van der Waals surface area contributed by atoms with Gasteiger partial charge < -0.3 is 14.2 Å². The number of nitrogens with zero attached hydrogens (tertiary/aromatic N) is 5. The van der Waals surface area contributed by atoms with Gasteiger partial charge in [0.2, 0.25) is 5.91 Å². The number of hydrogen-bond acceptors (Lipinski definition) is 5. The Morgan fingerprint density at radius 1 is 1.03 bits per heavy atom. The van der Waals surface area contributed by atoms with Crippen LogP contribution < -0.4 is 16.1 Å². The largest absolute Gasteiger partial charge is 0.383 e. The maximum absolute atomic E-state index is 13.6. The SMILES string of the molecule is CCN(C(=O)Cn1c(=O)c2c(ncn2CCOC)n(Cc2ccccc2)c1=O)c1cc(C)cc(C)c1. The minimum absolute atomic E-state index is 0.223. The average Bonchev–Trinajstić information content (AvgIpc) is 3.27. The smallest absolute Gasteiger partial charge is 0.333 e. The molecule has 4 aromatic rings. The monoisotopic (exact) mass is 489 g/mol. The summed E-state index contributed by atoms with van der Waals surface area (Å²) in [6, 6.07) is 15.4. The first kappa shape index (κ1) is 25.1. The van der Waals surface area contributed by atoms with Crippen molar-refractivity contribution < 1.29 is 9.53 Å². The number of benzene rings is 2. The number of amides is 1. The Morgan fingerprint density at radius 3 is 2.36 bits per heavy atom. The quantitative estimate of drug-likeness (QED) is 0.361. The Morgan fingerprint density at radius 2 is 1.72 bits per heavy atom. The van der Waals surface area contributed by atoms with Crippen molar-refractivity contribution in [2.45, 2.75) is 40.4 Å². The third-order valence-electron chi connectivity index (χ3n) is 6.13. The molecule has 0 saturated heterocycles. The third-order valence-corrected chi connectivity index (χ3v) is 6.13. The van der Waals surface area contributed by atoms with Crippen LogP contribution in [0.1, 0.15) is 23.6 Å². The van der Waals surface area contributed by atoms with Gasteiger partial charge in [0.05, 0.1) is 19.5 Å². The Kier molecular flexibility index (Phi) is 7.49. The first-order valence-electron chi connectivity index (χ1n) is 11.9. The second-order valence-corrected chi connectivity index (χ2v) is 8.83. The van der Waals surface area contributed by atoms with Crippen molar-refractivity contribution in [1.29, 1.82) is 0 Å². The summed E-state index contributed by atoms with van der Waals surface area (Å²) in [7, 11) is 1.58. The molecule has 0 spiro atoms. The van der Waals surface area contributed by atoms with E-state index in [2.05, 4.69) is 4.98 Å². The molecule has 2 aromatic carbocycles. The molecule has 0 bridgehead atoms. The molecule has 0 N–H and O–H groups in total. The lowest BCUT2D eigenvalue weighted by atomic mass is 10.1. The van der Waals surface area contributed by atoms with Crippen LogP contribution in [0.15, 0.2) is 64.4 Å². The summed E-state index contributed by atoms with van der Waals surface area (Å²) in [6.45, 7) is 6.82. The molecule has 0 aliphatic heterocycles. The van der Waals surface area contributed by atoms with Gasteiger partial charge in [0, 0.05) is 25.9 Å². The Hall–Kier alpha value is -3.98. The van der Waals surface area contributed by atoms with Gasteiger partial charge in [-0.2, -0.15) is 0 Å². The summed E-state index contributed by atoms with van der Waals surface area (Å²) < 4.78 is 9.32. The molecule has 0 atom stereocenters. The number of likely N-dealkylation sites (N-methyl/N-ethyl adjacent to an activating group) is 1. The van der Waals surface area contributed by atoms with Crippen molar-refractivity contribution in [3.05, 3.63) is 92.4 Å². The van der Waals surface area contributed by atoms with Gasteiger partial charge in [0.1, 0.15) is 6.54 Å². The van der Waals surface area contributed by atoms with Crippen LogP contribution in [0.25, 0.3) is 11.2 Å². The molecule has 2 aromatic heterocycles. The number of fused-ring (bicyclic) bond motifs is 1. The first-order valence-corrected chi connectivity index (χ1v) is 11.9. The minimum Gasteiger partial charge on any atom is -0.383 e. The Bertz CT molecular complexity index is 1480. The van der Waals surface area contributed by atoms with Gasteiger partial charge in [-0.1, -0.05) is 36.4 Å². The third kappa shape index (κ3) is 5.01. The van der Waals surface area contributed by atoms with Crippen LogP contribution in [-0.2, 0) is 29.2 Å². The van der Waals surface area contributed by atoms with E-state index in [4.69, 9.17) is 4.74 Å². The summed E-state index contributed by atoms with van der Waals surface area (Å²) in [4.78, 5) is 46.6. The van der Waals surface area contributed by atoms with Crippen LogP contribution in [0.5, 0.6) is 0 Å². The number of anilines is 1. The van der Waals surface area contributed by atoms with Gasteiger partial charge >= 0.3 is 5.69 Å². The first-order chi connectivity index (χ1) is 17.3. The van der Waals surface area contributed by atoms with Crippen molar-refractivity contribution in [3.63, 3.8) is 0 Å². The number of aromatic nitrogens is 4. The normalized spacial score (nSPS) is 11.2. The number of methoxy groups -OCH3 is 1. The predicted octanol–water partition coefficient (Wildman–Crippen LogP) is 2.72. The van der Waals surface area contributed by atoms with Gasteiger partial charge in [-0.15, -0.1) is 0 Å². The fourth-order valence-corrected chi connectivity index (χ4v) is 4.48. The molecule has 0 unspecified atom stereocenters. The highest BCUT2D eigenvalue weighted by Crippen LogP contribution is 2.19. The molecule has 0 aliphatic rings. The number of hydrogen-bond donors (Lipinski definition) is 0. The second kappa shape index (κ2) is 10.7. The summed E-state index contributed by atoms with van der Waals surface area (Å²) in [5.41, 5.74) is 3.12. The van der Waals surface area contributed by atoms with Crippen LogP contribution in [0.4, 0.5) is 5.69 Å². The van der Waals surface area contributed by atoms with Crippen LogP contribution in [0, 0.1) is 13.8 Å². The van der Waals surface area contributed by atoms with Crippen molar-refractivity contribution in [2.75, 3.05) is 25.2 Å². The van der Waals surface area contributed by atoms with Crippen molar-refractivity contribution >= 4 is 22.8 Å². The predicted molar refractivity (Wildman–Crippen MR) is 140 cm³/mol. The topological polar surface area (TPSA) is 91.4 Å². The number of imidazole rings is 1. The molecular weight excluding hydrogens is 458 g/mol. The molecule has 0 saturated carbocycles. The molecule has 188 valence electrons. The summed E-state index contributed by atoms with van der Waals surface area (Å²) in [6.07, 6.45) is 1.53. The summed E-state index contributed by atoms with van der Waals surface area (Å²) >= 11 is 0. The van der Waals surface area contributed by atoms with Gasteiger partial charge in [0.15, 0.2) is 11.2 Å². The lowest BCUT2D eigenvalue weighted by molar-refractivity contribution is -0.119. The van der Waals surface area contributed by atoms with Gasteiger partial charge in [-0.25, -0.2) is 14.3 Å². The standard InChI is InChI=1S/C27H31N5O4/c1-5-30(22-14-19(2)13-20(3)15-22)23(33)17-32-26(34)24-25(28-18-29(24)11-12-36-4)31(27(32)35)16-21-9-7-6-8-10-21/h6-10,13-15,18H,5,11-12,16-17H2,1-4H3. The summed E-state index contributed by atoms with van der Waals surface area (Å²) in [5.74, 6) is -0.338. The van der Waals surface area contributed by atoms with Crippen molar-refractivity contribution in [1.82, 2.24) is 18.7 Å². The van der Waals surface area contributed by atoms with Gasteiger partial charge in [0.25, 0.3) is 5.56 Å². The van der Waals surface area contributed by atoms with E-state index < -0.39 is 11.2 Å². The Balaban J connectivity index is 1.82. The minimum atomic E-state index is -0.571. The van der Waals surface area contributed by atoms with Crippen LogP contribution in [0.3, 0.4) is 0 Å². The zero-order valence-corrected chi connectivity index (χ0v) is 21.1. The van der Waals surface area contributed by atoms with E-state index in [0.717, 1.165) is 26.9 Å². The zero-order chi connectivity index (χ0) is 25.8. The lowest BCUT2D eigenvalue weighted by Gasteiger charge is -2.23. The fraction of sp³-hybridized carbons (Fsp3) is 0.333. The zero-order valence-electron chi connectivity index (χ0n) is 21.1. The van der Waals surface area contributed by atoms with Crippen LogP contribution in [0.2, 0.25) is 0 Å². The second-order valence-electron chi connectivity index (χ2n) is 8.83. The average molecular weight is 490 g/mol. The maximum Gasteiger partial charge on any atom is 0.333 e. The van der Waals surface area contributed by atoms with E-state index in [0.29, 0.717) is 19.7 Å². The molecular formula is C27H31N5O4. The molecule has 9 nitrogen and oxygen atoms in total. The van der Waals surface area contributed by atoms with Gasteiger partial charge in [-0.05, 0) is 49.6 Å². The number of rotatable bonds is 9. The van der Waals surface area contributed by atoms with E-state index in [1.54, 1.807) is 16.6 Å². The molecule has 36 heavy (non-hydrogen) atoms. The number of aryl methyl sites for hydroxylation is 2. The molecule has 0 aliphatic carbocycles. The van der Waals surface area contributed by atoms with E-state index in [9.17, 15) is 14.4 Å². The highest BCUT2D eigenvalue weighted by molar-refractivity contribution is 5.93.